The van der Waals surface area contributed by atoms with Crippen molar-refractivity contribution in [2.75, 3.05) is 6.54 Å². The molecule has 0 N–H and O–H groups in total. The quantitative estimate of drug-likeness (QED) is 0.126. The van der Waals surface area contributed by atoms with Crippen molar-refractivity contribution in [1.82, 2.24) is 0 Å². The van der Waals surface area contributed by atoms with Gasteiger partial charge in [-0.25, -0.2) is 0 Å². The molecule has 0 saturated heterocycles. The molecule has 3 heteroatoms. The van der Waals surface area contributed by atoms with Gasteiger partial charge in [-0.2, -0.15) is 10.2 Å². The van der Waals surface area contributed by atoms with Crippen LogP contribution in [0.15, 0.2) is 23.0 Å². The molecule has 0 aromatic carbocycles. The van der Waals surface area contributed by atoms with E-state index in [9.17, 15) is 4.79 Å². The van der Waals surface area contributed by atoms with E-state index in [4.69, 9.17) is 0 Å². The lowest BCUT2D eigenvalue weighted by Crippen LogP contribution is -1.97. The molecule has 0 aliphatic heterocycles. The third-order valence-electron chi connectivity index (χ3n) is 5.44. The summed E-state index contributed by atoms with van der Waals surface area (Å²) >= 11 is 0. The topological polar surface area (TPSA) is 41.8 Å². The lowest BCUT2D eigenvalue weighted by molar-refractivity contribution is -0.119. The predicted molar refractivity (Wildman–Crippen MR) is 123 cm³/mol. The van der Waals surface area contributed by atoms with Crippen LogP contribution in [0.3, 0.4) is 0 Å². The maximum atomic E-state index is 11.9. The number of unbranched alkanes of at least 4 members (excludes halogenated alkanes) is 16. The van der Waals surface area contributed by atoms with Crippen LogP contribution >= 0.6 is 0 Å². The van der Waals surface area contributed by atoms with Crippen LogP contribution in [0.1, 0.15) is 135 Å². The lowest BCUT2D eigenvalue weighted by atomic mass is 10.0. The fraction of sp³-hybridized carbons (Fsp3) is 0.880. The van der Waals surface area contributed by atoms with Crippen LogP contribution < -0.4 is 0 Å². The monoisotopic (exact) mass is 392 g/mol. The van der Waals surface area contributed by atoms with Gasteiger partial charge in [0.05, 0.1) is 6.54 Å². The molecule has 164 valence electrons. The zero-order chi connectivity index (χ0) is 20.5. The average molecular weight is 393 g/mol. The minimum absolute atomic E-state index is 0.475. The number of azo groups is 1. The summed E-state index contributed by atoms with van der Waals surface area (Å²) in [5.74, 6) is 0.475. The summed E-state index contributed by atoms with van der Waals surface area (Å²) in [5, 5.41) is 7.72. The fourth-order valence-corrected chi connectivity index (χ4v) is 3.62. The first kappa shape index (κ1) is 27.0. The van der Waals surface area contributed by atoms with Crippen LogP contribution in [0, 0.1) is 0 Å². The molecule has 0 radical (unpaired) electrons. The Morgan fingerprint density at radius 2 is 1.04 bits per heavy atom. The predicted octanol–water partition coefficient (Wildman–Crippen LogP) is 8.97. The number of carbonyl (C=O) groups is 1. The van der Waals surface area contributed by atoms with Gasteiger partial charge in [0.1, 0.15) is 5.78 Å². The van der Waals surface area contributed by atoms with Crippen molar-refractivity contribution in [3.63, 3.8) is 0 Å². The molecule has 3 nitrogen and oxygen atoms in total. The molecule has 0 amide bonds. The zero-order valence-electron chi connectivity index (χ0n) is 18.9. The Labute approximate surface area is 175 Å². The number of hydrogen-bond acceptors (Lipinski definition) is 3. The Bertz CT molecular complexity index is 366. The smallest absolute Gasteiger partial charge is 0.132 e. The summed E-state index contributed by atoms with van der Waals surface area (Å²) in [6, 6.07) is 0. The number of hydrogen-bond donors (Lipinski definition) is 0. The number of rotatable bonds is 23. The SMILES string of the molecule is C=CN=NCCCCCCCC(=O)CCCCCCCCCCCCCCC. The number of ketones is 1. The Morgan fingerprint density at radius 3 is 1.46 bits per heavy atom. The first-order valence-corrected chi connectivity index (χ1v) is 12.3. The van der Waals surface area contributed by atoms with Gasteiger partial charge in [0, 0.05) is 19.0 Å². The van der Waals surface area contributed by atoms with Gasteiger partial charge in [0.25, 0.3) is 0 Å². The molecule has 0 aliphatic rings. The van der Waals surface area contributed by atoms with Crippen molar-refractivity contribution < 1.29 is 4.79 Å². The van der Waals surface area contributed by atoms with Crippen molar-refractivity contribution in [3.05, 3.63) is 12.8 Å². The highest BCUT2D eigenvalue weighted by Crippen LogP contribution is 2.14. The van der Waals surface area contributed by atoms with E-state index in [1.807, 2.05) is 0 Å². The van der Waals surface area contributed by atoms with Crippen molar-refractivity contribution in [2.24, 2.45) is 10.2 Å². The third-order valence-corrected chi connectivity index (χ3v) is 5.44. The van der Waals surface area contributed by atoms with Gasteiger partial charge in [-0.3, -0.25) is 4.79 Å². The highest BCUT2D eigenvalue weighted by Gasteiger charge is 2.02. The maximum absolute atomic E-state index is 11.9. The van der Waals surface area contributed by atoms with E-state index < -0.39 is 0 Å². The van der Waals surface area contributed by atoms with Gasteiger partial charge in [-0.15, -0.1) is 0 Å². The van der Waals surface area contributed by atoms with Gasteiger partial charge < -0.3 is 0 Å². The molecule has 0 rings (SSSR count). The molecule has 0 aromatic heterocycles. The van der Waals surface area contributed by atoms with Crippen LogP contribution in [0.5, 0.6) is 0 Å². The summed E-state index contributed by atoms with van der Waals surface area (Å²) in [4.78, 5) is 11.9. The summed E-state index contributed by atoms with van der Waals surface area (Å²) in [6.07, 6.45) is 26.5. The molecule has 28 heavy (non-hydrogen) atoms. The molecule has 0 heterocycles. The van der Waals surface area contributed by atoms with E-state index in [0.717, 1.165) is 38.6 Å². The van der Waals surface area contributed by atoms with Crippen LogP contribution in [0.4, 0.5) is 0 Å². The van der Waals surface area contributed by atoms with E-state index >= 15 is 0 Å². The molecule has 0 spiro atoms. The first-order chi connectivity index (χ1) is 13.8. The van der Waals surface area contributed by atoms with Gasteiger partial charge in [-0.05, 0) is 19.3 Å². The maximum Gasteiger partial charge on any atom is 0.132 e. The molecule has 0 aliphatic carbocycles. The van der Waals surface area contributed by atoms with E-state index in [0.29, 0.717) is 5.78 Å². The second kappa shape index (κ2) is 24.0. The highest BCUT2D eigenvalue weighted by molar-refractivity contribution is 5.78. The summed E-state index contributed by atoms with van der Waals surface area (Å²) in [7, 11) is 0. The van der Waals surface area contributed by atoms with Crippen LogP contribution in [0.25, 0.3) is 0 Å². The number of nitrogens with zero attached hydrogens (tertiary/aromatic N) is 2. The van der Waals surface area contributed by atoms with Gasteiger partial charge >= 0.3 is 0 Å². The molecule has 0 fully saturated rings. The number of Topliss-reactive ketones (excluding diaryl/α,β-unsaturated/α-hetero) is 1. The van der Waals surface area contributed by atoms with Gasteiger partial charge in [0.2, 0.25) is 0 Å². The standard InChI is InChI=1S/C25H48N2O/c1-3-5-6-7-8-9-10-11-12-13-14-16-19-22-25(28)23-20-17-15-18-21-24-27-26-4-2/h4H,2-3,5-24H2,1H3. The molecule has 0 saturated carbocycles. The van der Waals surface area contributed by atoms with Gasteiger partial charge in [0.15, 0.2) is 0 Å². The molecule has 0 atom stereocenters. The normalized spacial score (nSPS) is 11.3. The molecular formula is C25H48N2O. The van der Waals surface area contributed by atoms with Crippen molar-refractivity contribution in [2.45, 2.75) is 135 Å². The third kappa shape index (κ3) is 23.0. The minimum atomic E-state index is 0.475. The van der Waals surface area contributed by atoms with Crippen molar-refractivity contribution in [3.8, 4) is 0 Å². The van der Waals surface area contributed by atoms with Crippen molar-refractivity contribution in [1.29, 1.82) is 0 Å². The Balaban J connectivity index is 3.17. The lowest BCUT2D eigenvalue weighted by Gasteiger charge is -2.04. The molecule has 0 aromatic rings. The summed E-state index contributed by atoms with van der Waals surface area (Å²) in [6.45, 7) is 6.58. The van der Waals surface area contributed by atoms with E-state index in [2.05, 4.69) is 23.7 Å². The average Bonchev–Trinajstić information content (AvgIpc) is 2.70. The fourth-order valence-electron chi connectivity index (χ4n) is 3.62. The largest absolute Gasteiger partial charge is 0.300 e. The van der Waals surface area contributed by atoms with Crippen molar-refractivity contribution >= 4 is 5.78 Å². The second-order valence-electron chi connectivity index (χ2n) is 8.21. The van der Waals surface area contributed by atoms with Crippen LogP contribution in [-0.4, -0.2) is 12.3 Å². The molecular weight excluding hydrogens is 344 g/mol. The Kier molecular flexibility index (Phi) is 23.2. The second-order valence-corrected chi connectivity index (χ2v) is 8.21. The Morgan fingerprint density at radius 1 is 0.643 bits per heavy atom. The Hall–Kier alpha value is -0.990. The van der Waals surface area contributed by atoms with E-state index in [1.165, 1.54) is 103 Å². The highest BCUT2D eigenvalue weighted by atomic mass is 16.1. The number of carbonyl (C=O) groups excluding carboxylic acids is 1. The van der Waals surface area contributed by atoms with Crippen LogP contribution in [0.2, 0.25) is 0 Å². The van der Waals surface area contributed by atoms with Gasteiger partial charge in [-0.1, -0.05) is 110 Å². The zero-order valence-corrected chi connectivity index (χ0v) is 18.9. The summed E-state index contributed by atoms with van der Waals surface area (Å²) < 4.78 is 0. The minimum Gasteiger partial charge on any atom is -0.300 e. The molecule has 0 unspecified atom stereocenters. The van der Waals surface area contributed by atoms with Crippen LogP contribution in [-0.2, 0) is 4.79 Å². The summed E-state index contributed by atoms with van der Waals surface area (Å²) in [5.41, 5.74) is 0. The molecule has 0 bridgehead atoms. The first-order valence-electron chi connectivity index (χ1n) is 12.3. The van der Waals surface area contributed by atoms with E-state index in [1.54, 1.807) is 0 Å². The van der Waals surface area contributed by atoms with E-state index in [-0.39, 0.29) is 0 Å².